The minimum absolute atomic E-state index is 0.139. The Kier molecular flexibility index (Phi) is 2.65. The van der Waals surface area contributed by atoms with E-state index in [2.05, 4.69) is 5.32 Å². The van der Waals surface area contributed by atoms with Crippen LogP contribution in [0, 0.1) is 0 Å². The molecule has 3 heterocycles. The van der Waals surface area contributed by atoms with E-state index < -0.39 is 0 Å². The molecule has 0 fully saturated rings. The van der Waals surface area contributed by atoms with Gasteiger partial charge >= 0.3 is 0 Å². The number of aromatic nitrogens is 1. The number of aryl methyl sites for hydroxylation is 1. The second-order valence-corrected chi connectivity index (χ2v) is 5.69. The van der Waals surface area contributed by atoms with E-state index in [-0.39, 0.29) is 12.7 Å². The molecule has 21 heavy (non-hydrogen) atoms. The zero-order valence-electron chi connectivity index (χ0n) is 11.3. The minimum Gasteiger partial charge on any atom is -0.454 e. The van der Waals surface area contributed by atoms with E-state index >= 15 is 0 Å². The highest BCUT2D eigenvalue weighted by Gasteiger charge is 2.17. The maximum absolute atomic E-state index is 12.4. The Labute approximate surface area is 124 Å². The van der Waals surface area contributed by atoms with Crippen LogP contribution in [0.25, 0.3) is 10.2 Å². The maximum Gasteiger partial charge on any atom is 0.272 e. The van der Waals surface area contributed by atoms with Crippen LogP contribution in [0.1, 0.15) is 10.5 Å². The summed E-state index contributed by atoms with van der Waals surface area (Å²) in [4.78, 5) is 13.5. The fourth-order valence-electron chi connectivity index (χ4n) is 2.43. The van der Waals surface area contributed by atoms with E-state index in [1.165, 1.54) is 0 Å². The van der Waals surface area contributed by atoms with Crippen LogP contribution >= 0.6 is 11.3 Å². The predicted molar refractivity (Wildman–Crippen MR) is 81.3 cm³/mol. The van der Waals surface area contributed by atoms with Gasteiger partial charge in [0.25, 0.3) is 5.91 Å². The van der Waals surface area contributed by atoms with Gasteiger partial charge in [-0.2, -0.15) is 0 Å². The van der Waals surface area contributed by atoms with E-state index in [9.17, 15) is 4.79 Å². The maximum atomic E-state index is 12.4. The Morgan fingerprint density at radius 3 is 2.95 bits per heavy atom. The Balaban J connectivity index is 1.63. The molecule has 1 aromatic carbocycles. The molecular weight excluding hydrogens is 288 g/mol. The van der Waals surface area contributed by atoms with Gasteiger partial charge < -0.3 is 19.4 Å². The van der Waals surface area contributed by atoms with Crippen molar-refractivity contribution in [1.29, 1.82) is 0 Å². The summed E-state index contributed by atoms with van der Waals surface area (Å²) in [5, 5.41) is 5.99. The van der Waals surface area contributed by atoms with Crippen LogP contribution in [0.4, 0.5) is 5.69 Å². The number of nitrogens with one attached hydrogen (secondary N) is 1. The van der Waals surface area contributed by atoms with Gasteiger partial charge in [-0.05, 0) is 29.6 Å². The van der Waals surface area contributed by atoms with Gasteiger partial charge in [0.15, 0.2) is 11.5 Å². The van der Waals surface area contributed by atoms with Crippen molar-refractivity contribution < 1.29 is 14.3 Å². The van der Waals surface area contributed by atoms with E-state index in [0.29, 0.717) is 22.9 Å². The zero-order valence-corrected chi connectivity index (χ0v) is 12.1. The molecule has 4 rings (SSSR count). The number of amides is 1. The van der Waals surface area contributed by atoms with E-state index in [1.807, 2.05) is 29.1 Å². The van der Waals surface area contributed by atoms with E-state index in [0.717, 1.165) is 10.2 Å². The van der Waals surface area contributed by atoms with Gasteiger partial charge in [0.05, 0.1) is 0 Å². The molecule has 0 saturated carbocycles. The normalized spacial score (nSPS) is 12.8. The van der Waals surface area contributed by atoms with Gasteiger partial charge in [-0.1, -0.05) is 0 Å². The number of fused-ring (bicyclic) bond motifs is 2. The molecule has 1 aliphatic rings. The number of benzene rings is 1. The van der Waals surface area contributed by atoms with Crippen molar-refractivity contribution in [2.45, 2.75) is 0 Å². The number of carbonyl (C=O) groups excluding carboxylic acids is 1. The first-order chi connectivity index (χ1) is 10.2. The van der Waals surface area contributed by atoms with Gasteiger partial charge in [0, 0.05) is 24.2 Å². The molecule has 1 amide bonds. The molecule has 0 aliphatic carbocycles. The monoisotopic (exact) mass is 300 g/mol. The molecule has 0 atom stereocenters. The van der Waals surface area contributed by atoms with Crippen LogP contribution < -0.4 is 14.8 Å². The summed E-state index contributed by atoms with van der Waals surface area (Å²) >= 11 is 1.62. The van der Waals surface area contributed by atoms with Crippen LogP contribution in [-0.4, -0.2) is 17.3 Å². The number of carbonyl (C=O) groups is 1. The van der Waals surface area contributed by atoms with Gasteiger partial charge in [-0.15, -0.1) is 11.3 Å². The molecule has 5 nitrogen and oxygen atoms in total. The average molecular weight is 300 g/mol. The lowest BCUT2D eigenvalue weighted by Gasteiger charge is -2.07. The minimum atomic E-state index is -0.139. The summed E-state index contributed by atoms with van der Waals surface area (Å²) in [5.41, 5.74) is 1.32. The first-order valence-electron chi connectivity index (χ1n) is 6.46. The number of hydrogen-bond donors (Lipinski definition) is 1. The van der Waals surface area contributed by atoms with Crippen LogP contribution in [0.3, 0.4) is 0 Å². The molecular formula is C15H12N2O3S. The SMILES string of the molecule is Cn1c(C(=O)Nc2ccc3c(c2)OCO3)cc2ccsc21. The Morgan fingerprint density at radius 2 is 2.10 bits per heavy atom. The summed E-state index contributed by atoms with van der Waals surface area (Å²) in [6.45, 7) is 0.223. The topological polar surface area (TPSA) is 52.5 Å². The van der Waals surface area contributed by atoms with E-state index in [1.54, 1.807) is 29.5 Å². The molecule has 6 heteroatoms. The van der Waals surface area contributed by atoms with Gasteiger partial charge in [-0.3, -0.25) is 4.79 Å². The molecule has 0 saturated heterocycles. The van der Waals surface area contributed by atoms with Crippen molar-refractivity contribution >= 4 is 33.1 Å². The number of thiophene rings is 1. The summed E-state index contributed by atoms with van der Waals surface area (Å²) < 4.78 is 12.5. The first kappa shape index (κ1) is 12.3. The first-order valence-corrected chi connectivity index (χ1v) is 7.34. The summed E-state index contributed by atoms with van der Waals surface area (Å²) in [6, 6.07) is 9.27. The Morgan fingerprint density at radius 1 is 1.24 bits per heavy atom. The fraction of sp³-hybridized carbons (Fsp3) is 0.133. The molecule has 0 radical (unpaired) electrons. The molecule has 0 bridgehead atoms. The second-order valence-electron chi connectivity index (χ2n) is 4.79. The highest BCUT2D eigenvalue weighted by atomic mass is 32.1. The van der Waals surface area contributed by atoms with Gasteiger partial charge in [0.2, 0.25) is 6.79 Å². The second kappa shape index (κ2) is 4.53. The molecule has 3 aromatic rings. The van der Waals surface area contributed by atoms with Crippen molar-refractivity contribution in [1.82, 2.24) is 4.57 Å². The standard InChI is InChI=1S/C15H12N2O3S/c1-17-11(6-9-4-5-21-15(9)17)14(18)16-10-2-3-12-13(7-10)20-8-19-12/h2-7H,8H2,1H3,(H,16,18). The smallest absolute Gasteiger partial charge is 0.272 e. The highest BCUT2D eigenvalue weighted by molar-refractivity contribution is 7.16. The van der Waals surface area contributed by atoms with Crippen molar-refractivity contribution in [3.63, 3.8) is 0 Å². The average Bonchev–Trinajstić information content (AvgIpc) is 3.16. The Hall–Kier alpha value is -2.47. The largest absolute Gasteiger partial charge is 0.454 e. The third kappa shape index (κ3) is 1.95. The Bertz CT molecular complexity index is 850. The predicted octanol–water partition coefficient (Wildman–Crippen LogP) is 3.22. The molecule has 0 unspecified atom stereocenters. The molecule has 2 aromatic heterocycles. The summed E-state index contributed by atoms with van der Waals surface area (Å²) in [7, 11) is 1.90. The van der Waals surface area contributed by atoms with Gasteiger partial charge in [0.1, 0.15) is 10.5 Å². The number of rotatable bonds is 2. The number of ether oxygens (including phenoxy) is 2. The van der Waals surface area contributed by atoms with Gasteiger partial charge in [-0.25, -0.2) is 0 Å². The number of anilines is 1. The molecule has 1 aliphatic heterocycles. The molecule has 106 valence electrons. The lowest BCUT2D eigenvalue weighted by atomic mass is 10.2. The zero-order chi connectivity index (χ0) is 14.4. The van der Waals surface area contributed by atoms with Crippen molar-refractivity contribution in [3.05, 3.63) is 41.4 Å². The lowest BCUT2D eigenvalue weighted by Crippen LogP contribution is -2.15. The molecule has 1 N–H and O–H groups in total. The van der Waals surface area contributed by atoms with Crippen LogP contribution in [0.15, 0.2) is 35.7 Å². The lowest BCUT2D eigenvalue weighted by molar-refractivity contribution is 0.102. The van der Waals surface area contributed by atoms with Crippen LogP contribution in [-0.2, 0) is 7.05 Å². The third-order valence-corrected chi connectivity index (χ3v) is 4.50. The highest BCUT2D eigenvalue weighted by Crippen LogP contribution is 2.34. The van der Waals surface area contributed by atoms with Crippen molar-refractivity contribution in [3.8, 4) is 11.5 Å². The fourth-order valence-corrected chi connectivity index (χ4v) is 3.30. The summed E-state index contributed by atoms with van der Waals surface area (Å²) in [5.74, 6) is 1.22. The van der Waals surface area contributed by atoms with Crippen molar-refractivity contribution in [2.24, 2.45) is 7.05 Å². The number of hydrogen-bond acceptors (Lipinski definition) is 4. The van der Waals surface area contributed by atoms with Crippen LogP contribution in [0.5, 0.6) is 11.5 Å². The number of nitrogens with zero attached hydrogens (tertiary/aromatic N) is 1. The third-order valence-electron chi connectivity index (χ3n) is 3.50. The molecule has 0 spiro atoms. The van der Waals surface area contributed by atoms with E-state index in [4.69, 9.17) is 9.47 Å². The summed E-state index contributed by atoms with van der Waals surface area (Å²) in [6.07, 6.45) is 0. The quantitative estimate of drug-likeness (QED) is 0.790. The van der Waals surface area contributed by atoms with Crippen LogP contribution in [0.2, 0.25) is 0 Å². The van der Waals surface area contributed by atoms with Crippen molar-refractivity contribution in [2.75, 3.05) is 12.1 Å².